The number of ketones is 1. The summed E-state index contributed by atoms with van der Waals surface area (Å²) in [6.07, 6.45) is 1.85. The molecular formula is C17H22N2O3. The lowest BCUT2D eigenvalue weighted by atomic mass is 10.0. The summed E-state index contributed by atoms with van der Waals surface area (Å²) in [4.78, 5) is 28.7. The summed E-state index contributed by atoms with van der Waals surface area (Å²) in [5, 5.41) is 9.17. The van der Waals surface area contributed by atoms with Crippen LogP contribution in [0.2, 0.25) is 0 Å². The fourth-order valence-electron chi connectivity index (χ4n) is 3.45. The molecule has 1 fully saturated rings. The summed E-state index contributed by atoms with van der Waals surface area (Å²) in [6.45, 7) is 2.26. The van der Waals surface area contributed by atoms with Gasteiger partial charge in [-0.25, -0.2) is 0 Å². The van der Waals surface area contributed by atoms with E-state index in [1.807, 2.05) is 24.1 Å². The average molecular weight is 302 g/mol. The molecule has 3 rings (SSSR count). The first-order valence-electron chi connectivity index (χ1n) is 7.87. The van der Waals surface area contributed by atoms with Crippen molar-refractivity contribution in [2.24, 2.45) is 0 Å². The summed E-state index contributed by atoms with van der Waals surface area (Å²) in [6, 6.07) is 5.65. The second kappa shape index (κ2) is 6.18. The van der Waals surface area contributed by atoms with Crippen LogP contribution in [-0.4, -0.2) is 65.9 Å². The van der Waals surface area contributed by atoms with Crippen LogP contribution in [0.4, 0.5) is 0 Å². The Hall–Kier alpha value is -1.72. The lowest BCUT2D eigenvalue weighted by Gasteiger charge is -2.39. The number of Topliss-reactive ketones (excluding diaryl/α,β-unsaturated/α-hetero) is 1. The van der Waals surface area contributed by atoms with Gasteiger partial charge in [-0.2, -0.15) is 0 Å². The van der Waals surface area contributed by atoms with E-state index >= 15 is 0 Å². The quantitative estimate of drug-likeness (QED) is 0.903. The van der Waals surface area contributed by atoms with Gasteiger partial charge in [0, 0.05) is 49.8 Å². The number of aliphatic hydroxyl groups excluding tert-OH is 1. The minimum atomic E-state index is 0.0163. The summed E-state index contributed by atoms with van der Waals surface area (Å²) in [7, 11) is 2.03. The first kappa shape index (κ1) is 15.2. The van der Waals surface area contributed by atoms with E-state index in [9.17, 15) is 9.59 Å². The van der Waals surface area contributed by atoms with Gasteiger partial charge in [-0.15, -0.1) is 0 Å². The number of fused-ring (bicyclic) bond motifs is 1. The number of benzene rings is 1. The standard InChI is InChI=1S/C17H22N2O3/c1-18-8-9-19(11-12(18)7-10-20)17(22)15-4-2-3-14-13(15)5-6-16(14)21/h2-4,12,20H,5-11H2,1H3/t12-/m0/s1. The topological polar surface area (TPSA) is 60.9 Å². The minimum Gasteiger partial charge on any atom is -0.396 e. The number of nitrogens with zero attached hydrogens (tertiary/aromatic N) is 2. The van der Waals surface area contributed by atoms with Crippen LogP contribution in [0.25, 0.3) is 0 Å². The fourth-order valence-corrected chi connectivity index (χ4v) is 3.45. The first-order valence-corrected chi connectivity index (χ1v) is 7.87. The zero-order valence-electron chi connectivity index (χ0n) is 12.9. The molecule has 22 heavy (non-hydrogen) atoms. The van der Waals surface area contributed by atoms with Gasteiger partial charge in [0.25, 0.3) is 5.91 Å². The Labute approximate surface area is 130 Å². The maximum atomic E-state index is 12.9. The van der Waals surface area contributed by atoms with Gasteiger partial charge < -0.3 is 10.0 Å². The molecular weight excluding hydrogens is 280 g/mol. The number of hydrogen-bond acceptors (Lipinski definition) is 4. The Kier molecular flexibility index (Phi) is 4.27. The van der Waals surface area contributed by atoms with Crippen molar-refractivity contribution in [1.29, 1.82) is 0 Å². The summed E-state index contributed by atoms with van der Waals surface area (Å²) < 4.78 is 0. The largest absolute Gasteiger partial charge is 0.396 e. The van der Waals surface area contributed by atoms with Crippen LogP contribution in [0.1, 0.15) is 39.1 Å². The van der Waals surface area contributed by atoms with Crippen LogP contribution in [-0.2, 0) is 6.42 Å². The second-order valence-electron chi connectivity index (χ2n) is 6.15. The monoisotopic (exact) mass is 302 g/mol. The van der Waals surface area contributed by atoms with Crippen LogP contribution in [0.3, 0.4) is 0 Å². The minimum absolute atomic E-state index is 0.0163. The fraction of sp³-hybridized carbons (Fsp3) is 0.529. The van der Waals surface area contributed by atoms with Gasteiger partial charge in [0.05, 0.1) is 0 Å². The van der Waals surface area contributed by atoms with Crippen LogP contribution >= 0.6 is 0 Å². The van der Waals surface area contributed by atoms with Crippen molar-refractivity contribution in [3.8, 4) is 0 Å². The number of carbonyl (C=O) groups is 2. The summed E-state index contributed by atoms with van der Waals surface area (Å²) >= 11 is 0. The highest BCUT2D eigenvalue weighted by Gasteiger charge is 2.30. The Bertz CT molecular complexity index is 600. The van der Waals surface area contributed by atoms with Gasteiger partial charge >= 0.3 is 0 Å². The van der Waals surface area contributed by atoms with Crippen molar-refractivity contribution >= 4 is 11.7 Å². The molecule has 0 radical (unpaired) electrons. The summed E-state index contributed by atoms with van der Waals surface area (Å²) in [5.41, 5.74) is 2.30. The van der Waals surface area contributed by atoms with Gasteiger partial charge in [-0.3, -0.25) is 14.5 Å². The first-order chi connectivity index (χ1) is 10.6. The molecule has 1 aliphatic heterocycles. The molecule has 0 bridgehead atoms. The smallest absolute Gasteiger partial charge is 0.254 e. The van der Waals surface area contributed by atoms with Crippen LogP contribution in [0.5, 0.6) is 0 Å². The van der Waals surface area contributed by atoms with Crippen molar-refractivity contribution < 1.29 is 14.7 Å². The molecule has 1 heterocycles. The molecule has 1 N–H and O–H groups in total. The van der Waals surface area contributed by atoms with Gasteiger partial charge in [0.15, 0.2) is 5.78 Å². The Morgan fingerprint density at radius 2 is 2.14 bits per heavy atom. The third-order valence-corrected chi connectivity index (χ3v) is 4.84. The maximum absolute atomic E-state index is 12.9. The molecule has 0 aromatic heterocycles. The number of hydrogen-bond donors (Lipinski definition) is 1. The van der Waals surface area contributed by atoms with E-state index in [1.165, 1.54) is 0 Å². The normalized spacial score (nSPS) is 22.0. The van der Waals surface area contributed by atoms with Crippen molar-refractivity contribution in [1.82, 2.24) is 9.80 Å². The van der Waals surface area contributed by atoms with E-state index in [4.69, 9.17) is 5.11 Å². The highest BCUT2D eigenvalue weighted by Crippen LogP contribution is 2.27. The van der Waals surface area contributed by atoms with Gasteiger partial charge in [0.2, 0.25) is 0 Å². The SMILES string of the molecule is CN1CCN(C(=O)c2cccc3c2CCC3=O)C[C@@H]1CCO. The molecule has 0 unspecified atom stereocenters. The lowest BCUT2D eigenvalue weighted by molar-refractivity contribution is 0.0499. The average Bonchev–Trinajstić information content (AvgIpc) is 2.91. The molecule has 1 aromatic rings. The molecule has 2 aliphatic rings. The van der Waals surface area contributed by atoms with Crippen molar-refractivity contribution in [2.75, 3.05) is 33.3 Å². The third kappa shape index (κ3) is 2.66. The van der Waals surface area contributed by atoms with E-state index in [2.05, 4.69) is 4.90 Å². The molecule has 5 nitrogen and oxygen atoms in total. The zero-order chi connectivity index (χ0) is 15.7. The molecule has 1 atom stereocenters. The van der Waals surface area contributed by atoms with Crippen LogP contribution in [0, 0.1) is 0 Å². The molecule has 1 saturated heterocycles. The van der Waals surface area contributed by atoms with Crippen molar-refractivity contribution in [3.05, 3.63) is 34.9 Å². The highest BCUT2D eigenvalue weighted by atomic mass is 16.3. The Balaban J connectivity index is 1.82. The van der Waals surface area contributed by atoms with E-state index in [-0.39, 0.29) is 24.3 Å². The van der Waals surface area contributed by atoms with Crippen LogP contribution < -0.4 is 0 Å². The van der Waals surface area contributed by atoms with E-state index in [1.54, 1.807) is 6.07 Å². The molecule has 5 heteroatoms. The Morgan fingerprint density at radius 3 is 2.91 bits per heavy atom. The van der Waals surface area contributed by atoms with Gasteiger partial charge in [0.1, 0.15) is 0 Å². The zero-order valence-corrected chi connectivity index (χ0v) is 12.9. The predicted molar refractivity (Wildman–Crippen MR) is 83.1 cm³/mol. The molecule has 1 aromatic carbocycles. The van der Waals surface area contributed by atoms with Crippen molar-refractivity contribution in [3.63, 3.8) is 0 Å². The number of amides is 1. The lowest BCUT2D eigenvalue weighted by Crippen LogP contribution is -2.53. The number of carbonyl (C=O) groups excluding carboxylic acids is 2. The maximum Gasteiger partial charge on any atom is 0.254 e. The second-order valence-corrected chi connectivity index (χ2v) is 6.15. The predicted octanol–water partition coefficient (Wildman–Crippen LogP) is 0.954. The highest BCUT2D eigenvalue weighted by molar-refractivity contribution is 6.05. The number of rotatable bonds is 3. The molecule has 0 saturated carbocycles. The molecule has 0 spiro atoms. The Morgan fingerprint density at radius 1 is 1.32 bits per heavy atom. The third-order valence-electron chi connectivity index (χ3n) is 4.84. The summed E-state index contributed by atoms with van der Waals surface area (Å²) in [5.74, 6) is 0.156. The van der Waals surface area contributed by atoms with E-state index in [0.717, 1.165) is 12.1 Å². The van der Waals surface area contributed by atoms with E-state index in [0.29, 0.717) is 43.5 Å². The number of likely N-dealkylation sites (N-methyl/N-ethyl adjacent to an activating group) is 1. The van der Waals surface area contributed by atoms with Crippen molar-refractivity contribution in [2.45, 2.75) is 25.3 Å². The van der Waals surface area contributed by atoms with E-state index < -0.39 is 0 Å². The molecule has 1 aliphatic carbocycles. The number of piperazine rings is 1. The molecule has 1 amide bonds. The number of aliphatic hydroxyl groups is 1. The molecule has 118 valence electrons. The van der Waals surface area contributed by atoms with Crippen LogP contribution in [0.15, 0.2) is 18.2 Å². The van der Waals surface area contributed by atoms with Gasteiger partial charge in [-0.05, 0) is 31.5 Å². The van der Waals surface area contributed by atoms with Gasteiger partial charge in [-0.1, -0.05) is 12.1 Å².